The first-order valence-electron chi connectivity index (χ1n) is 7.22. The van der Waals surface area contributed by atoms with Gasteiger partial charge in [-0.15, -0.1) is 0 Å². The molecule has 21 heavy (non-hydrogen) atoms. The largest absolute Gasteiger partial charge is 0.388 e. The molecule has 1 heterocycles. The highest BCUT2D eigenvalue weighted by Crippen LogP contribution is 2.26. The Balaban J connectivity index is 1.93. The van der Waals surface area contributed by atoms with Gasteiger partial charge in [0.25, 0.3) is 0 Å². The van der Waals surface area contributed by atoms with Crippen LogP contribution in [0.4, 0.5) is 0 Å². The molecule has 1 N–H and O–H groups in total. The molecule has 2 nitrogen and oxygen atoms in total. The lowest BCUT2D eigenvalue weighted by Gasteiger charge is -2.14. The molecule has 0 aliphatic heterocycles. The third-order valence-electron chi connectivity index (χ3n) is 4.07. The fraction of sp³-hybridized carbons (Fsp3) is 0.211. The molecule has 0 radical (unpaired) electrons. The second-order valence-electron chi connectivity index (χ2n) is 5.58. The number of hydrogen-bond acceptors (Lipinski definition) is 2. The van der Waals surface area contributed by atoms with Gasteiger partial charge in [0.05, 0.1) is 6.10 Å². The molecule has 3 rings (SSSR count). The van der Waals surface area contributed by atoms with Gasteiger partial charge in [0, 0.05) is 24.2 Å². The molecule has 0 bridgehead atoms. The number of aliphatic hydroxyl groups excluding tert-OH is 1. The molecule has 0 amide bonds. The highest BCUT2D eigenvalue weighted by Gasteiger charge is 2.12. The maximum absolute atomic E-state index is 10.6. The summed E-state index contributed by atoms with van der Waals surface area (Å²) in [6.07, 6.45) is 3.73. The van der Waals surface area contributed by atoms with E-state index < -0.39 is 6.10 Å². The van der Waals surface area contributed by atoms with E-state index in [1.54, 1.807) is 6.20 Å². The SMILES string of the molecule is Cc1ccc(CC(O)c2cccc3cnccc23)cc1C. The monoisotopic (exact) mass is 277 g/mol. The van der Waals surface area contributed by atoms with Crippen LogP contribution in [0.1, 0.15) is 28.4 Å². The molecule has 0 saturated carbocycles. The molecular formula is C19H19NO. The van der Waals surface area contributed by atoms with Crippen molar-refractivity contribution in [3.05, 3.63) is 77.1 Å². The average Bonchev–Trinajstić information content (AvgIpc) is 2.50. The molecule has 0 spiro atoms. The van der Waals surface area contributed by atoms with E-state index in [-0.39, 0.29) is 0 Å². The summed E-state index contributed by atoms with van der Waals surface area (Å²) in [5.41, 5.74) is 4.68. The molecule has 2 heteroatoms. The summed E-state index contributed by atoms with van der Waals surface area (Å²) in [6.45, 7) is 4.21. The van der Waals surface area contributed by atoms with Gasteiger partial charge in [0.15, 0.2) is 0 Å². The van der Waals surface area contributed by atoms with Gasteiger partial charge in [-0.05, 0) is 47.6 Å². The van der Waals surface area contributed by atoms with Crippen LogP contribution >= 0.6 is 0 Å². The Kier molecular flexibility index (Phi) is 3.72. The summed E-state index contributed by atoms with van der Waals surface area (Å²) in [4.78, 5) is 4.14. The van der Waals surface area contributed by atoms with Crippen molar-refractivity contribution in [3.8, 4) is 0 Å². The van der Waals surface area contributed by atoms with Gasteiger partial charge in [-0.25, -0.2) is 0 Å². The predicted octanol–water partition coefficient (Wildman–Crippen LogP) is 4.13. The Bertz CT molecular complexity index is 774. The minimum atomic E-state index is -0.502. The summed E-state index contributed by atoms with van der Waals surface area (Å²) >= 11 is 0. The van der Waals surface area contributed by atoms with Crippen molar-refractivity contribution in [1.29, 1.82) is 0 Å². The number of aromatic nitrogens is 1. The maximum Gasteiger partial charge on any atom is 0.0836 e. The van der Waals surface area contributed by atoms with Crippen LogP contribution < -0.4 is 0 Å². The van der Waals surface area contributed by atoms with Crippen LogP contribution in [0.3, 0.4) is 0 Å². The number of aryl methyl sites for hydroxylation is 2. The third kappa shape index (κ3) is 2.81. The predicted molar refractivity (Wildman–Crippen MR) is 86.3 cm³/mol. The van der Waals surface area contributed by atoms with Crippen LogP contribution in [0.2, 0.25) is 0 Å². The minimum Gasteiger partial charge on any atom is -0.388 e. The van der Waals surface area contributed by atoms with Crippen LogP contribution in [0.5, 0.6) is 0 Å². The van der Waals surface area contributed by atoms with Crippen LogP contribution in [0.25, 0.3) is 10.8 Å². The zero-order chi connectivity index (χ0) is 14.8. The van der Waals surface area contributed by atoms with E-state index in [1.165, 1.54) is 11.1 Å². The highest BCUT2D eigenvalue weighted by molar-refractivity contribution is 5.85. The average molecular weight is 277 g/mol. The van der Waals surface area contributed by atoms with Crippen molar-refractivity contribution in [2.45, 2.75) is 26.4 Å². The van der Waals surface area contributed by atoms with Gasteiger partial charge in [0.2, 0.25) is 0 Å². The number of hydrogen-bond donors (Lipinski definition) is 1. The quantitative estimate of drug-likeness (QED) is 0.781. The van der Waals surface area contributed by atoms with E-state index in [4.69, 9.17) is 0 Å². The molecule has 0 aliphatic carbocycles. The number of rotatable bonds is 3. The molecule has 106 valence electrons. The summed E-state index contributed by atoms with van der Waals surface area (Å²) in [5, 5.41) is 12.7. The van der Waals surface area contributed by atoms with Gasteiger partial charge in [-0.3, -0.25) is 4.98 Å². The van der Waals surface area contributed by atoms with Crippen LogP contribution in [0, 0.1) is 13.8 Å². The zero-order valence-corrected chi connectivity index (χ0v) is 12.4. The standard InChI is InChI=1S/C19H19NO/c1-13-6-7-15(10-14(13)2)11-19(21)18-5-3-4-16-12-20-9-8-17(16)18/h3-10,12,19,21H,11H2,1-2H3. The van der Waals surface area contributed by atoms with Gasteiger partial charge in [-0.1, -0.05) is 36.4 Å². The van der Waals surface area contributed by atoms with Crippen LogP contribution in [0.15, 0.2) is 54.9 Å². The Hall–Kier alpha value is -2.19. The fourth-order valence-corrected chi connectivity index (χ4v) is 2.70. The molecule has 2 aromatic carbocycles. The van der Waals surface area contributed by atoms with Gasteiger partial charge in [0.1, 0.15) is 0 Å². The molecule has 1 atom stereocenters. The topological polar surface area (TPSA) is 33.1 Å². The fourth-order valence-electron chi connectivity index (χ4n) is 2.70. The van der Waals surface area contributed by atoms with E-state index in [0.717, 1.165) is 21.9 Å². The summed E-state index contributed by atoms with van der Waals surface area (Å²) in [5.74, 6) is 0. The first-order valence-corrected chi connectivity index (χ1v) is 7.22. The third-order valence-corrected chi connectivity index (χ3v) is 4.07. The Morgan fingerprint density at radius 1 is 1.05 bits per heavy atom. The Morgan fingerprint density at radius 2 is 1.90 bits per heavy atom. The Morgan fingerprint density at radius 3 is 2.71 bits per heavy atom. The van der Waals surface area contributed by atoms with Gasteiger partial charge in [-0.2, -0.15) is 0 Å². The second-order valence-corrected chi connectivity index (χ2v) is 5.58. The van der Waals surface area contributed by atoms with Crippen molar-refractivity contribution in [1.82, 2.24) is 4.98 Å². The van der Waals surface area contributed by atoms with Crippen molar-refractivity contribution < 1.29 is 5.11 Å². The molecule has 0 fully saturated rings. The molecular weight excluding hydrogens is 258 g/mol. The molecule has 0 saturated heterocycles. The van der Waals surface area contributed by atoms with Crippen molar-refractivity contribution in [3.63, 3.8) is 0 Å². The first kappa shape index (κ1) is 13.8. The summed E-state index contributed by atoms with van der Waals surface area (Å²) in [6, 6.07) is 14.3. The normalized spacial score (nSPS) is 12.5. The number of pyridine rings is 1. The van der Waals surface area contributed by atoms with E-state index in [0.29, 0.717) is 6.42 Å². The number of fused-ring (bicyclic) bond motifs is 1. The van der Waals surface area contributed by atoms with Crippen molar-refractivity contribution in [2.24, 2.45) is 0 Å². The maximum atomic E-state index is 10.6. The van der Waals surface area contributed by atoms with E-state index in [9.17, 15) is 5.11 Å². The first-order chi connectivity index (χ1) is 10.1. The van der Waals surface area contributed by atoms with E-state index in [2.05, 4.69) is 37.0 Å². The number of nitrogens with zero attached hydrogens (tertiary/aromatic N) is 1. The minimum absolute atomic E-state index is 0.502. The van der Waals surface area contributed by atoms with Crippen molar-refractivity contribution in [2.75, 3.05) is 0 Å². The molecule has 0 aliphatic rings. The van der Waals surface area contributed by atoms with Crippen LogP contribution in [-0.2, 0) is 6.42 Å². The van der Waals surface area contributed by atoms with E-state index in [1.807, 2.05) is 30.5 Å². The Labute approximate surface area is 125 Å². The van der Waals surface area contributed by atoms with Crippen LogP contribution in [-0.4, -0.2) is 10.1 Å². The molecule has 1 unspecified atom stereocenters. The summed E-state index contributed by atoms with van der Waals surface area (Å²) in [7, 11) is 0. The smallest absolute Gasteiger partial charge is 0.0836 e. The van der Waals surface area contributed by atoms with Gasteiger partial charge < -0.3 is 5.11 Å². The lowest BCUT2D eigenvalue weighted by molar-refractivity contribution is 0.180. The number of aliphatic hydroxyl groups is 1. The zero-order valence-electron chi connectivity index (χ0n) is 12.4. The molecule has 1 aromatic heterocycles. The van der Waals surface area contributed by atoms with E-state index >= 15 is 0 Å². The lowest BCUT2D eigenvalue weighted by Crippen LogP contribution is -2.03. The summed E-state index contributed by atoms with van der Waals surface area (Å²) < 4.78 is 0. The molecule has 3 aromatic rings. The van der Waals surface area contributed by atoms with Gasteiger partial charge >= 0.3 is 0 Å². The number of benzene rings is 2. The lowest BCUT2D eigenvalue weighted by atomic mass is 9.95. The second kappa shape index (κ2) is 5.66. The highest BCUT2D eigenvalue weighted by atomic mass is 16.3. The van der Waals surface area contributed by atoms with Crippen molar-refractivity contribution >= 4 is 10.8 Å².